The molecule has 1 saturated heterocycles. The van der Waals surface area contributed by atoms with E-state index in [2.05, 4.69) is 15.9 Å². The van der Waals surface area contributed by atoms with Crippen LogP contribution in [0.25, 0.3) is 0 Å². The zero-order valence-electron chi connectivity index (χ0n) is 10.6. The normalized spacial score (nSPS) is 21.5. The number of amides is 1. The maximum absolute atomic E-state index is 12.0. The summed E-state index contributed by atoms with van der Waals surface area (Å²) >= 11 is 3.21. The van der Waals surface area contributed by atoms with E-state index in [9.17, 15) is 13.2 Å². The summed E-state index contributed by atoms with van der Waals surface area (Å²) in [5, 5.41) is 0. The molecule has 7 heteroatoms. The van der Waals surface area contributed by atoms with Crippen LogP contribution in [-0.4, -0.2) is 36.8 Å². The third kappa shape index (κ3) is 3.60. The Morgan fingerprint density at radius 1 is 1.53 bits per heavy atom. The highest BCUT2D eigenvalue weighted by molar-refractivity contribution is 9.10. The second-order valence-corrected chi connectivity index (χ2v) is 7.65. The predicted octanol–water partition coefficient (Wildman–Crippen LogP) is 1.97. The minimum Gasteiger partial charge on any atom is -0.452 e. The molecule has 5 nitrogen and oxygen atoms in total. The maximum atomic E-state index is 12.0. The lowest BCUT2D eigenvalue weighted by Crippen LogP contribution is -2.40. The molecule has 2 rings (SSSR count). The highest BCUT2D eigenvalue weighted by Gasteiger charge is 2.34. The summed E-state index contributed by atoms with van der Waals surface area (Å²) in [7, 11) is -3.00. The Kier molecular flexibility index (Phi) is 4.35. The molecule has 0 bridgehead atoms. The van der Waals surface area contributed by atoms with Crippen LogP contribution >= 0.6 is 15.9 Å². The third-order valence-electron chi connectivity index (χ3n) is 3.23. The summed E-state index contributed by atoms with van der Waals surface area (Å²) in [4.78, 5) is 13.6. The number of rotatable bonds is 4. The van der Waals surface area contributed by atoms with Crippen LogP contribution < -0.4 is 0 Å². The van der Waals surface area contributed by atoms with E-state index in [-0.39, 0.29) is 23.5 Å². The fraction of sp³-hybridized carbons (Fsp3) is 0.583. The van der Waals surface area contributed by atoms with Gasteiger partial charge in [0.1, 0.15) is 5.76 Å². The lowest BCUT2D eigenvalue weighted by atomic mass is 10.2. The molecule has 1 amide bonds. The number of halogens is 1. The number of nitrogens with zero attached hydrogens (tertiary/aromatic N) is 1. The molecule has 0 saturated carbocycles. The van der Waals surface area contributed by atoms with E-state index in [1.165, 1.54) is 0 Å². The molecule has 0 spiro atoms. The van der Waals surface area contributed by atoms with Gasteiger partial charge < -0.3 is 9.32 Å². The first-order chi connectivity index (χ1) is 8.91. The van der Waals surface area contributed by atoms with Crippen LogP contribution in [0.4, 0.5) is 0 Å². The lowest BCUT2D eigenvalue weighted by Gasteiger charge is -2.27. The van der Waals surface area contributed by atoms with Crippen LogP contribution in [0, 0.1) is 0 Å². The van der Waals surface area contributed by atoms with E-state index in [1.54, 1.807) is 24.0 Å². The number of hydrogen-bond donors (Lipinski definition) is 0. The standard InChI is InChI=1S/C12H16BrNO4S/c1-2-12(15)14(7-10-3-4-11(13)18-10)9-5-6-19(16,17)8-9/h3-4,9H,2,5-8H2,1H3/t9-/m1/s1. The molecule has 2 heterocycles. The SMILES string of the molecule is CCC(=O)N(Cc1ccc(Br)o1)[C@@H]1CCS(=O)(=O)C1. The van der Waals surface area contributed by atoms with Crippen molar-refractivity contribution in [3.63, 3.8) is 0 Å². The molecule has 19 heavy (non-hydrogen) atoms. The van der Waals surface area contributed by atoms with E-state index in [4.69, 9.17) is 4.42 Å². The Morgan fingerprint density at radius 2 is 2.26 bits per heavy atom. The summed E-state index contributed by atoms with van der Waals surface area (Å²) in [6, 6.07) is 3.31. The average Bonchev–Trinajstić information content (AvgIpc) is 2.91. The fourth-order valence-electron chi connectivity index (χ4n) is 2.25. The zero-order valence-corrected chi connectivity index (χ0v) is 13.0. The Bertz CT molecular complexity index is 566. The number of carbonyl (C=O) groups is 1. The molecule has 0 aliphatic carbocycles. The molecule has 1 atom stereocenters. The van der Waals surface area contributed by atoms with Gasteiger partial charge in [-0.2, -0.15) is 0 Å². The van der Waals surface area contributed by atoms with Gasteiger partial charge in [0.15, 0.2) is 14.5 Å². The van der Waals surface area contributed by atoms with Crippen molar-refractivity contribution in [3.05, 3.63) is 22.6 Å². The molecule has 1 aliphatic heterocycles. The van der Waals surface area contributed by atoms with Gasteiger partial charge in [-0.25, -0.2) is 8.42 Å². The van der Waals surface area contributed by atoms with Gasteiger partial charge >= 0.3 is 0 Å². The van der Waals surface area contributed by atoms with Crippen LogP contribution in [0.2, 0.25) is 0 Å². The summed E-state index contributed by atoms with van der Waals surface area (Å²) in [5.74, 6) is 0.820. The Hall–Kier alpha value is -0.820. The van der Waals surface area contributed by atoms with Gasteiger partial charge in [-0.05, 0) is 34.5 Å². The third-order valence-corrected chi connectivity index (χ3v) is 5.40. The second kappa shape index (κ2) is 5.66. The Labute approximate surface area is 121 Å². The van der Waals surface area contributed by atoms with Crippen molar-refractivity contribution < 1.29 is 17.6 Å². The Balaban J connectivity index is 2.15. The van der Waals surface area contributed by atoms with E-state index in [0.29, 0.717) is 29.8 Å². The Morgan fingerprint density at radius 3 is 2.74 bits per heavy atom. The molecular formula is C12H16BrNO4S. The van der Waals surface area contributed by atoms with Crippen LogP contribution in [0.15, 0.2) is 21.2 Å². The topological polar surface area (TPSA) is 67.6 Å². The van der Waals surface area contributed by atoms with E-state index < -0.39 is 9.84 Å². The summed E-state index contributed by atoms with van der Waals surface area (Å²) < 4.78 is 29.1. The van der Waals surface area contributed by atoms with E-state index in [1.807, 2.05) is 0 Å². The number of sulfone groups is 1. The summed E-state index contributed by atoms with van der Waals surface area (Å²) in [6.07, 6.45) is 0.869. The minimum absolute atomic E-state index is 0.0466. The van der Waals surface area contributed by atoms with Crippen molar-refractivity contribution in [2.45, 2.75) is 32.4 Å². The average molecular weight is 350 g/mol. The van der Waals surface area contributed by atoms with Crippen LogP contribution in [0.5, 0.6) is 0 Å². The van der Waals surface area contributed by atoms with Crippen molar-refractivity contribution >= 4 is 31.7 Å². The predicted molar refractivity (Wildman–Crippen MR) is 74.3 cm³/mol. The molecule has 0 radical (unpaired) electrons. The van der Waals surface area contributed by atoms with Crippen LogP contribution in [0.1, 0.15) is 25.5 Å². The molecule has 0 aromatic carbocycles. The van der Waals surface area contributed by atoms with Crippen molar-refractivity contribution in [2.75, 3.05) is 11.5 Å². The number of furan rings is 1. The fourth-order valence-corrected chi connectivity index (χ4v) is 4.32. The quantitative estimate of drug-likeness (QED) is 0.833. The molecular weight excluding hydrogens is 334 g/mol. The number of carbonyl (C=O) groups excluding carboxylic acids is 1. The molecule has 1 aliphatic rings. The van der Waals surface area contributed by atoms with Gasteiger partial charge in [0, 0.05) is 12.5 Å². The lowest BCUT2D eigenvalue weighted by molar-refractivity contribution is -0.133. The molecule has 1 aromatic rings. The first-order valence-electron chi connectivity index (χ1n) is 6.15. The van der Waals surface area contributed by atoms with Crippen LogP contribution in [0.3, 0.4) is 0 Å². The van der Waals surface area contributed by atoms with Crippen LogP contribution in [-0.2, 0) is 21.2 Å². The molecule has 0 unspecified atom stereocenters. The maximum Gasteiger partial charge on any atom is 0.222 e. The van der Waals surface area contributed by atoms with Crippen molar-refractivity contribution in [2.24, 2.45) is 0 Å². The summed E-state index contributed by atoms with van der Waals surface area (Å²) in [6.45, 7) is 2.09. The van der Waals surface area contributed by atoms with Gasteiger partial charge in [0.05, 0.1) is 18.1 Å². The monoisotopic (exact) mass is 349 g/mol. The molecule has 1 fully saturated rings. The van der Waals surface area contributed by atoms with E-state index >= 15 is 0 Å². The smallest absolute Gasteiger partial charge is 0.222 e. The van der Waals surface area contributed by atoms with Gasteiger partial charge in [-0.3, -0.25) is 4.79 Å². The van der Waals surface area contributed by atoms with Gasteiger partial charge in [-0.15, -0.1) is 0 Å². The van der Waals surface area contributed by atoms with Crippen molar-refractivity contribution in [3.8, 4) is 0 Å². The van der Waals surface area contributed by atoms with Gasteiger partial charge in [-0.1, -0.05) is 6.92 Å². The van der Waals surface area contributed by atoms with Crippen molar-refractivity contribution in [1.29, 1.82) is 0 Å². The molecule has 106 valence electrons. The van der Waals surface area contributed by atoms with E-state index in [0.717, 1.165) is 0 Å². The first-order valence-corrected chi connectivity index (χ1v) is 8.77. The highest BCUT2D eigenvalue weighted by atomic mass is 79.9. The minimum atomic E-state index is -3.00. The van der Waals surface area contributed by atoms with Gasteiger partial charge in [0.25, 0.3) is 0 Å². The van der Waals surface area contributed by atoms with Crippen molar-refractivity contribution in [1.82, 2.24) is 4.90 Å². The number of hydrogen-bond acceptors (Lipinski definition) is 4. The van der Waals surface area contributed by atoms with Gasteiger partial charge in [0.2, 0.25) is 5.91 Å². The summed E-state index contributed by atoms with van der Waals surface area (Å²) in [5.41, 5.74) is 0. The first kappa shape index (κ1) is 14.6. The molecule has 1 aromatic heterocycles. The largest absolute Gasteiger partial charge is 0.452 e. The zero-order chi connectivity index (χ0) is 14.0. The highest BCUT2D eigenvalue weighted by Crippen LogP contribution is 2.22. The second-order valence-electron chi connectivity index (χ2n) is 4.64. The molecule has 0 N–H and O–H groups in total.